The predicted octanol–water partition coefficient (Wildman–Crippen LogP) is 18.1. The van der Waals surface area contributed by atoms with Crippen molar-refractivity contribution in [1.29, 1.82) is 0 Å². The van der Waals surface area contributed by atoms with Gasteiger partial charge in [-0.3, -0.25) is 32.8 Å². The molecular formula is C73H112F6N14. The van der Waals surface area contributed by atoms with Crippen molar-refractivity contribution in [3.05, 3.63) is 122 Å². The van der Waals surface area contributed by atoms with Gasteiger partial charge in [0.05, 0.1) is 51.7 Å². The van der Waals surface area contributed by atoms with Gasteiger partial charge in [-0.25, -0.2) is 8.78 Å². The van der Waals surface area contributed by atoms with Gasteiger partial charge in [0.15, 0.2) is 0 Å². The summed E-state index contributed by atoms with van der Waals surface area (Å²) in [7, 11) is 0. The molecule has 0 radical (unpaired) electrons. The largest absolute Gasteiger partial charge is 0.291 e. The van der Waals surface area contributed by atoms with Crippen LogP contribution < -0.4 is 0 Å². The molecule has 0 saturated heterocycles. The highest BCUT2D eigenvalue weighted by molar-refractivity contribution is 5.28. The zero-order valence-electron chi connectivity index (χ0n) is 60.4. The van der Waals surface area contributed by atoms with Crippen molar-refractivity contribution >= 4 is 0 Å². The number of nitrogens with zero attached hydrogens (tertiary/aromatic N) is 14. The number of halogens is 6. The number of rotatable bonds is 0. The summed E-state index contributed by atoms with van der Waals surface area (Å²) >= 11 is 0. The molecule has 2 unspecified atom stereocenters. The maximum absolute atomic E-state index is 13.5. The second-order valence-electron chi connectivity index (χ2n) is 33.9. The van der Waals surface area contributed by atoms with Crippen molar-refractivity contribution in [2.24, 2.45) is 0 Å². The fraction of sp³-hybridized carbons (Fsp3) is 0.712. The first-order valence-electron chi connectivity index (χ1n) is 34.4. The van der Waals surface area contributed by atoms with Gasteiger partial charge >= 0.3 is 0 Å². The molecule has 7 aromatic rings. The second-order valence-corrected chi connectivity index (χ2v) is 33.9. The quantitative estimate of drug-likeness (QED) is 0.138. The molecule has 14 rings (SSSR count). The molecule has 14 heterocycles. The molecule has 0 spiro atoms. The Bertz CT molecular complexity index is 3510. The molecule has 14 nitrogen and oxygen atoms in total. The lowest BCUT2D eigenvalue weighted by Crippen LogP contribution is -2.25. The molecule has 7 aromatic heterocycles. The number of hydrogen-bond acceptors (Lipinski definition) is 7. The average molecular weight is 1300 g/mol. The molecule has 0 aromatic carbocycles. The molecule has 7 aliphatic heterocycles. The second kappa shape index (κ2) is 27.3. The third kappa shape index (κ3) is 17.9. The van der Waals surface area contributed by atoms with E-state index in [1.165, 1.54) is 94.4 Å². The molecule has 0 N–H and O–H groups in total. The van der Waals surface area contributed by atoms with Gasteiger partial charge in [-0.2, -0.15) is 53.3 Å². The highest BCUT2D eigenvalue weighted by Crippen LogP contribution is 2.41. The van der Waals surface area contributed by atoms with Crippen molar-refractivity contribution in [1.82, 2.24) is 68.5 Å². The highest BCUT2D eigenvalue weighted by atomic mass is 19.3. The minimum Gasteiger partial charge on any atom is -0.269 e. The average Bonchev–Trinajstić information content (AvgIpc) is 1.66. The first-order valence-corrected chi connectivity index (χ1v) is 34.4. The van der Waals surface area contributed by atoms with E-state index in [9.17, 15) is 26.3 Å². The van der Waals surface area contributed by atoms with Crippen LogP contribution in [0.4, 0.5) is 26.3 Å². The first kappa shape index (κ1) is 72.9. The van der Waals surface area contributed by atoms with Crippen LogP contribution in [0, 0.1) is 0 Å². The zero-order valence-corrected chi connectivity index (χ0v) is 60.4. The molecule has 0 saturated carbocycles. The summed E-state index contributed by atoms with van der Waals surface area (Å²) < 4.78 is 93.4. The van der Waals surface area contributed by atoms with Crippen molar-refractivity contribution in [2.75, 3.05) is 0 Å². The predicted molar refractivity (Wildman–Crippen MR) is 359 cm³/mol. The third-order valence-corrected chi connectivity index (χ3v) is 18.2. The molecule has 0 aliphatic carbocycles. The van der Waals surface area contributed by atoms with Crippen LogP contribution in [0.2, 0.25) is 0 Å². The fourth-order valence-corrected chi connectivity index (χ4v) is 12.2. The molecule has 2 atom stereocenters. The molecule has 516 valence electrons. The Hall–Kier alpha value is -5.95. The first-order chi connectivity index (χ1) is 42.8. The Morgan fingerprint density at radius 3 is 1.16 bits per heavy atom. The Morgan fingerprint density at radius 2 is 0.710 bits per heavy atom. The van der Waals surface area contributed by atoms with Gasteiger partial charge < -0.3 is 0 Å². The van der Waals surface area contributed by atoms with E-state index in [2.05, 4.69) is 166 Å². The van der Waals surface area contributed by atoms with Gasteiger partial charge in [-0.1, -0.05) is 145 Å². The van der Waals surface area contributed by atoms with E-state index in [1.807, 2.05) is 64.6 Å². The Labute approximate surface area is 551 Å². The summed E-state index contributed by atoms with van der Waals surface area (Å²) in [6.07, 6.45) is 11.7. The lowest BCUT2D eigenvalue weighted by Gasteiger charge is -2.22. The normalized spacial score (nSPS) is 19.3. The summed E-state index contributed by atoms with van der Waals surface area (Å²) in [6.45, 7) is 50.4. The summed E-state index contributed by atoms with van der Waals surface area (Å²) in [5.74, 6) is -5.38. The standard InChI is InChI=1S/C11H16F2N2.C11H17FN2.C11H18N2.C10H14F2N2.C10H15FN2.2C10H16N2/c1-10(2,3)8-7-9-11(12,13)5-4-6-15(9)14-8;1-11(2,3)10-7-9-8(12)5-4-6-14(9)13-10;1-11(2,3)10-8-9-6-4-5-7-13(9)12-10;1-9(2,3)7-6-8-10(11,12)4-5-14(8)13-7;1-10(2,3)9-6-8-7(11)4-5-13(8)12-9;1-10(2,3)8-7-11-12-6-4-5-9(8)12;1-10(2,3)9-7-8-5-4-6-12(8)11-9/h7H,4-6H2,1-3H3;7-8H,4-6H2,1-3H3;8H,4-7H2,1-3H3;6H,4-5H2,1-3H3;6-7H,4-5H2,1-3H3;2*7H,4-6H2,1-3H3. The smallest absolute Gasteiger partial charge is 0.269 e. The van der Waals surface area contributed by atoms with E-state index >= 15 is 0 Å². The lowest BCUT2D eigenvalue weighted by atomic mass is 9.87. The number of aryl methyl sites for hydroxylation is 9. The van der Waals surface area contributed by atoms with Gasteiger partial charge in [-0.15, -0.1) is 0 Å². The van der Waals surface area contributed by atoms with Gasteiger partial charge in [0.1, 0.15) is 23.7 Å². The van der Waals surface area contributed by atoms with Gasteiger partial charge in [0, 0.05) is 115 Å². The highest BCUT2D eigenvalue weighted by Gasteiger charge is 2.43. The molecule has 0 bridgehead atoms. The molecule has 7 aliphatic rings. The number of alkyl halides is 6. The van der Waals surface area contributed by atoms with E-state index in [1.54, 1.807) is 10.7 Å². The Kier molecular flexibility index (Phi) is 21.4. The van der Waals surface area contributed by atoms with Crippen molar-refractivity contribution in [3.63, 3.8) is 0 Å². The Balaban J connectivity index is 0.000000140. The van der Waals surface area contributed by atoms with Crippen LogP contribution in [0.15, 0.2) is 42.6 Å². The number of fused-ring (bicyclic) bond motifs is 7. The maximum atomic E-state index is 13.5. The monoisotopic (exact) mass is 1300 g/mol. The van der Waals surface area contributed by atoms with Crippen molar-refractivity contribution < 1.29 is 26.3 Å². The van der Waals surface area contributed by atoms with Gasteiger partial charge in [-0.05, 0) is 112 Å². The minimum atomic E-state index is -2.70. The molecule has 0 fully saturated rings. The van der Waals surface area contributed by atoms with E-state index in [4.69, 9.17) is 0 Å². The summed E-state index contributed by atoms with van der Waals surface area (Å²) in [4.78, 5) is 0. The third-order valence-electron chi connectivity index (χ3n) is 18.2. The van der Waals surface area contributed by atoms with E-state index in [0.717, 1.165) is 73.3 Å². The van der Waals surface area contributed by atoms with Gasteiger partial charge in [0.25, 0.3) is 11.8 Å². The van der Waals surface area contributed by atoms with Crippen molar-refractivity contribution in [2.45, 2.75) is 337 Å². The zero-order chi connectivity index (χ0) is 68.8. The number of aromatic nitrogens is 14. The minimum absolute atomic E-state index is 0.0179. The maximum Gasteiger partial charge on any atom is 0.291 e. The van der Waals surface area contributed by atoms with Crippen molar-refractivity contribution in [3.8, 4) is 0 Å². The van der Waals surface area contributed by atoms with Crippen LogP contribution in [-0.4, -0.2) is 68.5 Å². The van der Waals surface area contributed by atoms with Crippen LogP contribution in [0.1, 0.15) is 302 Å². The summed E-state index contributed by atoms with van der Waals surface area (Å²) in [5.41, 5.74) is 13.7. The summed E-state index contributed by atoms with van der Waals surface area (Å²) in [5, 5.41) is 30.9. The topological polar surface area (TPSA) is 125 Å². The van der Waals surface area contributed by atoms with Crippen LogP contribution in [0.25, 0.3) is 0 Å². The van der Waals surface area contributed by atoms with E-state index in [-0.39, 0.29) is 62.1 Å². The van der Waals surface area contributed by atoms with Crippen LogP contribution in [0.3, 0.4) is 0 Å². The van der Waals surface area contributed by atoms with Gasteiger partial charge in [0.2, 0.25) is 0 Å². The van der Waals surface area contributed by atoms with E-state index in [0.29, 0.717) is 32.4 Å². The van der Waals surface area contributed by atoms with Crippen LogP contribution in [-0.2, 0) is 115 Å². The van der Waals surface area contributed by atoms with E-state index < -0.39 is 24.2 Å². The van der Waals surface area contributed by atoms with Crippen LogP contribution in [0.5, 0.6) is 0 Å². The SMILES string of the molecule is CC(C)(C)c1cc2n(n1)CCC2.CC(C)(C)c1cc2n(n1)CCC2(F)F.CC(C)(C)c1cc2n(n1)CCC2F.CC(C)(C)c1cc2n(n1)CCCC2.CC(C)(C)c1cc2n(n1)CCCC2(F)F.CC(C)(C)c1cc2n(n1)CCCC2F.CC(C)(C)c1cnn2c1CCC2. The molecule has 93 heavy (non-hydrogen) atoms. The summed E-state index contributed by atoms with van der Waals surface area (Å²) in [6, 6.07) is 11.4. The molecular weight excluding hydrogens is 1190 g/mol. The molecule has 0 amide bonds. The lowest BCUT2D eigenvalue weighted by molar-refractivity contribution is -0.0364. The molecule has 20 heteroatoms. The van der Waals surface area contributed by atoms with Crippen LogP contribution >= 0.6 is 0 Å². The number of hydrogen-bond donors (Lipinski definition) is 0. The fourth-order valence-electron chi connectivity index (χ4n) is 12.2. The Morgan fingerprint density at radius 1 is 0.344 bits per heavy atom.